The first kappa shape index (κ1) is 18.4. The van der Waals surface area contributed by atoms with Gasteiger partial charge in [-0.1, -0.05) is 23.8 Å². The van der Waals surface area contributed by atoms with Gasteiger partial charge in [-0.05, 0) is 43.7 Å². The van der Waals surface area contributed by atoms with E-state index < -0.39 is 9.84 Å². The molecule has 1 aliphatic rings. The summed E-state index contributed by atoms with van der Waals surface area (Å²) in [5.41, 5.74) is 8.19. The second-order valence-electron chi connectivity index (χ2n) is 6.50. The number of carbonyl (C=O) groups is 2. The van der Waals surface area contributed by atoms with Gasteiger partial charge in [0.1, 0.15) is 0 Å². The molecule has 0 saturated carbocycles. The zero-order chi connectivity index (χ0) is 17.7. The predicted octanol–water partition coefficient (Wildman–Crippen LogP) is 1.21. The molecule has 1 saturated heterocycles. The normalized spacial score (nSPS) is 19.0. The van der Waals surface area contributed by atoms with E-state index in [-0.39, 0.29) is 42.1 Å². The molecule has 6 nitrogen and oxygen atoms in total. The van der Waals surface area contributed by atoms with Crippen LogP contribution in [0, 0.1) is 19.8 Å². The van der Waals surface area contributed by atoms with Crippen molar-refractivity contribution >= 4 is 21.7 Å². The summed E-state index contributed by atoms with van der Waals surface area (Å²) in [7, 11) is -2.99. The lowest BCUT2D eigenvalue weighted by molar-refractivity contribution is -0.129. The van der Waals surface area contributed by atoms with E-state index in [0.29, 0.717) is 12.8 Å². The number of benzene rings is 1. The fourth-order valence-electron chi connectivity index (χ4n) is 2.92. The van der Waals surface area contributed by atoms with Crippen molar-refractivity contribution < 1.29 is 18.0 Å². The van der Waals surface area contributed by atoms with Crippen LogP contribution >= 0.6 is 0 Å². The van der Waals surface area contributed by atoms with Gasteiger partial charge >= 0.3 is 0 Å². The summed E-state index contributed by atoms with van der Waals surface area (Å²) in [5, 5.41) is 0. The van der Waals surface area contributed by atoms with Crippen LogP contribution in [0.5, 0.6) is 0 Å². The second kappa shape index (κ2) is 7.79. The minimum absolute atomic E-state index is 0.0566. The van der Waals surface area contributed by atoms with Crippen LogP contribution in [0.15, 0.2) is 18.2 Å². The highest BCUT2D eigenvalue weighted by molar-refractivity contribution is 7.91. The lowest BCUT2D eigenvalue weighted by atomic mass is 10.0. The summed E-state index contributed by atoms with van der Waals surface area (Å²) in [6.07, 6.45) is 1.52. The molecule has 7 heteroatoms. The van der Waals surface area contributed by atoms with E-state index in [4.69, 9.17) is 0 Å². The Hall–Kier alpha value is -1.89. The summed E-state index contributed by atoms with van der Waals surface area (Å²) in [5.74, 6) is -0.560. The van der Waals surface area contributed by atoms with Crippen molar-refractivity contribution in [2.24, 2.45) is 5.92 Å². The summed E-state index contributed by atoms with van der Waals surface area (Å²) >= 11 is 0. The van der Waals surface area contributed by atoms with Crippen molar-refractivity contribution in [2.75, 3.05) is 11.5 Å². The number of hydrazine groups is 1. The van der Waals surface area contributed by atoms with Gasteiger partial charge in [0.05, 0.1) is 11.5 Å². The number of amides is 2. The fraction of sp³-hybridized carbons (Fsp3) is 0.529. The predicted molar refractivity (Wildman–Crippen MR) is 91.9 cm³/mol. The monoisotopic (exact) mass is 352 g/mol. The standard InChI is InChI=1S/C17H24N2O4S/c1-12-3-4-15(13(2)9-12)5-6-16(20)18-19-17(21)10-14-7-8-24(22,23)11-14/h3-4,9,14H,5-8,10-11H2,1-2H3,(H,18,20)(H,19,21). The molecule has 0 aliphatic carbocycles. The van der Waals surface area contributed by atoms with Gasteiger partial charge in [-0.2, -0.15) is 0 Å². The van der Waals surface area contributed by atoms with Gasteiger partial charge in [-0.25, -0.2) is 8.42 Å². The Bertz CT molecular complexity index is 728. The highest BCUT2D eigenvalue weighted by Gasteiger charge is 2.29. The molecule has 2 N–H and O–H groups in total. The molecule has 1 aromatic carbocycles. The van der Waals surface area contributed by atoms with E-state index in [1.807, 2.05) is 26.0 Å². The molecule has 1 atom stereocenters. The smallest absolute Gasteiger partial charge is 0.238 e. The van der Waals surface area contributed by atoms with Crippen LogP contribution in [0.4, 0.5) is 0 Å². The molecule has 1 fully saturated rings. The Morgan fingerprint density at radius 2 is 1.88 bits per heavy atom. The second-order valence-corrected chi connectivity index (χ2v) is 8.73. The van der Waals surface area contributed by atoms with Gasteiger partial charge in [0, 0.05) is 12.8 Å². The maximum atomic E-state index is 11.8. The third-order valence-electron chi connectivity index (χ3n) is 4.26. The molecule has 2 amide bonds. The van der Waals surface area contributed by atoms with Gasteiger partial charge in [-0.3, -0.25) is 20.4 Å². The Balaban J connectivity index is 1.70. The number of aryl methyl sites for hydroxylation is 3. The molecular formula is C17H24N2O4S. The number of rotatable bonds is 5. The van der Waals surface area contributed by atoms with E-state index in [2.05, 4.69) is 16.9 Å². The van der Waals surface area contributed by atoms with Gasteiger partial charge in [0.15, 0.2) is 9.84 Å². The Kier molecular flexibility index (Phi) is 5.99. The molecule has 132 valence electrons. The molecule has 1 aromatic rings. The van der Waals surface area contributed by atoms with Crippen molar-refractivity contribution in [1.29, 1.82) is 0 Å². The summed E-state index contributed by atoms with van der Waals surface area (Å²) in [6.45, 7) is 4.03. The van der Waals surface area contributed by atoms with Crippen LogP contribution < -0.4 is 10.9 Å². The summed E-state index contributed by atoms with van der Waals surface area (Å²) in [4.78, 5) is 23.6. The molecule has 0 aromatic heterocycles. The summed E-state index contributed by atoms with van der Waals surface area (Å²) in [6, 6.07) is 6.10. The van der Waals surface area contributed by atoms with Crippen LogP contribution in [0.2, 0.25) is 0 Å². The van der Waals surface area contributed by atoms with Gasteiger partial charge in [0.25, 0.3) is 0 Å². The first-order chi connectivity index (χ1) is 11.2. The van der Waals surface area contributed by atoms with Crippen molar-refractivity contribution in [2.45, 2.75) is 39.5 Å². The molecule has 1 heterocycles. The van der Waals surface area contributed by atoms with Crippen LogP contribution in [0.1, 0.15) is 36.0 Å². The van der Waals surface area contributed by atoms with Gasteiger partial charge in [-0.15, -0.1) is 0 Å². The van der Waals surface area contributed by atoms with E-state index in [9.17, 15) is 18.0 Å². The number of sulfone groups is 1. The molecule has 1 aliphatic heterocycles. The van der Waals surface area contributed by atoms with Crippen molar-refractivity contribution in [1.82, 2.24) is 10.9 Å². The Morgan fingerprint density at radius 3 is 2.50 bits per heavy atom. The first-order valence-electron chi connectivity index (χ1n) is 8.09. The Morgan fingerprint density at radius 1 is 1.17 bits per heavy atom. The average molecular weight is 352 g/mol. The van der Waals surface area contributed by atoms with Crippen LogP contribution in [-0.2, 0) is 25.8 Å². The van der Waals surface area contributed by atoms with Crippen molar-refractivity contribution in [3.8, 4) is 0 Å². The van der Waals surface area contributed by atoms with E-state index in [1.54, 1.807) is 0 Å². The Labute approximate surface area is 142 Å². The lowest BCUT2D eigenvalue weighted by Gasteiger charge is -2.11. The molecular weight excluding hydrogens is 328 g/mol. The van der Waals surface area contributed by atoms with Crippen molar-refractivity contribution in [3.63, 3.8) is 0 Å². The maximum Gasteiger partial charge on any atom is 0.238 e. The summed E-state index contributed by atoms with van der Waals surface area (Å²) < 4.78 is 22.7. The zero-order valence-corrected chi connectivity index (χ0v) is 14.9. The molecule has 1 unspecified atom stereocenters. The minimum atomic E-state index is -2.99. The fourth-order valence-corrected chi connectivity index (χ4v) is 4.78. The van der Waals surface area contributed by atoms with E-state index in [0.717, 1.165) is 11.1 Å². The number of carbonyl (C=O) groups excluding carboxylic acids is 2. The van der Waals surface area contributed by atoms with Crippen LogP contribution in [-0.4, -0.2) is 31.7 Å². The molecule has 0 bridgehead atoms. The number of nitrogens with one attached hydrogen (secondary N) is 2. The van der Waals surface area contributed by atoms with E-state index >= 15 is 0 Å². The zero-order valence-electron chi connectivity index (χ0n) is 14.1. The van der Waals surface area contributed by atoms with Crippen LogP contribution in [0.3, 0.4) is 0 Å². The van der Waals surface area contributed by atoms with Crippen LogP contribution in [0.25, 0.3) is 0 Å². The molecule has 0 spiro atoms. The molecule has 24 heavy (non-hydrogen) atoms. The SMILES string of the molecule is Cc1ccc(CCC(=O)NNC(=O)CC2CCS(=O)(=O)C2)c(C)c1. The molecule has 2 rings (SSSR count). The third-order valence-corrected chi connectivity index (χ3v) is 6.10. The van der Waals surface area contributed by atoms with Crippen molar-refractivity contribution in [3.05, 3.63) is 34.9 Å². The number of hydrogen-bond acceptors (Lipinski definition) is 4. The van der Waals surface area contributed by atoms with Gasteiger partial charge < -0.3 is 0 Å². The topological polar surface area (TPSA) is 92.3 Å². The minimum Gasteiger partial charge on any atom is -0.273 e. The van der Waals surface area contributed by atoms with E-state index in [1.165, 1.54) is 5.56 Å². The quantitative estimate of drug-likeness (QED) is 0.779. The van der Waals surface area contributed by atoms with Gasteiger partial charge in [0.2, 0.25) is 11.8 Å². The first-order valence-corrected chi connectivity index (χ1v) is 9.91. The third kappa shape index (κ3) is 5.63. The number of hydrogen-bond donors (Lipinski definition) is 2. The lowest BCUT2D eigenvalue weighted by Crippen LogP contribution is -2.42. The highest BCUT2D eigenvalue weighted by Crippen LogP contribution is 2.21. The molecule has 0 radical (unpaired) electrons. The average Bonchev–Trinajstić information content (AvgIpc) is 2.83. The highest BCUT2D eigenvalue weighted by atomic mass is 32.2. The largest absolute Gasteiger partial charge is 0.273 e. The maximum absolute atomic E-state index is 11.8.